The highest BCUT2D eigenvalue weighted by Gasteiger charge is 2.05. The number of ether oxygens (including phenoxy) is 1. The molecule has 1 heterocycles. The van der Waals surface area contributed by atoms with E-state index in [1.54, 1.807) is 12.1 Å². The third-order valence-electron chi connectivity index (χ3n) is 1.92. The van der Waals surface area contributed by atoms with Crippen LogP contribution in [0, 0.1) is 0 Å². The van der Waals surface area contributed by atoms with Crippen LogP contribution in [0.1, 0.15) is 0 Å². The van der Waals surface area contributed by atoms with E-state index in [2.05, 4.69) is 10.2 Å². The molecule has 0 atom stereocenters. The summed E-state index contributed by atoms with van der Waals surface area (Å²) in [6.07, 6.45) is 1.22. The van der Waals surface area contributed by atoms with E-state index in [4.69, 9.17) is 16.3 Å². The smallest absolute Gasteiger partial charge is 0.208 e. The highest BCUT2D eigenvalue weighted by molar-refractivity contribution is 6.32. The van der Waals surface area contributed by atoms with E-state index < -0.39 is 0 Å². The molecule has 0 radical (unpaired) electrons. The van der Waals surface area contributed by atoms with Gasteiger partial charge in [-0.25, -0.2) is 0 Å². The zero-order chi connectivity index (χ0) is 10.1. The first kappa shape index (κ1) is 9.02. The summed E-state index contributed by atoms with van der Waals surface area (Å²) in [4.78, 5) is 11.4. The molecule has 0 saturated heterocycles. The number of hydrogen-bond acceptors (Lipinski definition) is 3. The minimum atomic E-state index is -0.159. The Kier molecular flexibility index (Phi) is 2.13. The van der Waals surface area contributed by atoms with Crippen molar-refractivity contribution in [1.82, 2.24) is 10.2 Å². The lowest BCUT2D eigenvalue weighted by Gasteiger charge is -2.03. The van der Waals surface area contributed by atoms with Gasteiger partial charge in [-0.15, -0.1) is 0 Å². The molecule has 2 aromatic rings. The number of methoxy groups -OCH3 is 1. The van der Waals surface area contributed by atoms with Gasteiger partial charge in [-0.2, -0.15) is 5.10 Å². The van der Waals surface area contributed by atoms with Crippen LogP contribution in [-0.2, 0) is 0 Å². The molecule has 5 heteroatoms. The van der Waals surface area contributed by atoms with Crippen molar-refractivity contribution in [2.24, 2.45) is 0 Å². The Hall–Kier alpha value is -1.55. The molecule has 0 spiro atoms. The monoisotopic (exact) mass is 210 g/mol. The summed E-state index contributed by atoms with van der Waals surface area (Å²) in [5.41, 5.74) is 0.442. The van der Waals surface area contributed by atoms with Crippen LogP contribution in [0.3, 0.4) is 0 Å². The predicted molar refractivity (Wildman–Crippen MR) is 53.9 cm³/mol. The molecular weight excluding hydrogens is 204 g/mol. The van der Waals surface area contributed by atoms with Crippen molar-refractivity contribution >= 4 is 22.5 Å². The Balaban J connectivity index is 2.87. The van der Waals surface area contributed by atoms with Gasteiger partial charge in [0, 0.05) is 0 Å². The average Bonchev–Trinajstić information content (AvgIpc) is 2.17. The van der Waals surface area contributed by atoms with Crippen molar-refractivity contribution < 1.29 is 4.74 Å². The lowest BCUT2D eigenvalue weighted by atomic mass is 10.2. The third kappa shape index (κ3) is 1.33. The fourth-order valence-corrected chi connectivity index (χ4v) is 1.48. The molecule has 2 rings (SSSR count). The van der Waals surface area contributed by atoms with Gasteiger partial charge >= 0.3 is 0 Å². The van der Waals surface area contributed by atoms with E-state index >= 15 is 0 Å². The molecule has 1 aromatic heterocycles. The zero-order valence-corrected chi connectivity index (χ0v) is 8.13. The van der Waals surface area contributed by atoms with Crippen LogP contribution >= 0.6 is 11.6 Å². The Morgan fingerprint density at radius 3 is 3.00 bits per heavy atom. The van der Waals surface area contributed by atoms with Crippen LogP contribution in [0.15, 0.2) is 23.1 Å². The van der Waals surface area contributed by atoms with Crippen molar-refractivity contribution in [3.05, 3.63) is 33.6 Å². The molecule has 0 aliphatic rings. The number of nitrogens with one attached hydrogen (secondary N) is 1. The van der Waals surface area contributed by atoms with Gasteiger partial charge in [0.15, 0.2) is 0 Å². The van der Waals surface area contributed by atoms with E-state index in [9.17, 15) is 4.79 Å². The van der Waals surface area contributed by atoms with E-state index in [0.29, 0.717) is 21.7 Å². The molecule has 0 aliphatic heterocycles. The van der Waals surface area contributed by atoms with Crippen molar-refractivity contribution in [2.75, 3.05) is 7.11 Å². The van der Waals surface area contributed by atoms with Gasteiger partial charge in [0.1, 0.15) is 5.75 Å². The van der Waals surface area contributed by atoms with E-state index in [1.165, 1.54) is 13.3 Å². The van der Waals surface area contributed by atoms with Crippen molar-refractivity contribution in [2.45, 2.75) is 0 Å². The fraction of sp³-hybridized carbons (Fsp3) is 0.111. The minimum Gasteiger partial charge on any atom is -0.495 e. The molecule has 0 fully saturated rings. The molecule has 0 aliphatic carbocycles. The first-order chi connectivity index (χ1) is 6.72. The topological polar surface area (TPSA) is 55.0 Å². The number of nitrogens with zero attached hydrogens (tertiary/aromatic N) is 1. The molecule has 0 saturated carbocycles. The first-order valence-corrected chi connectivity index (χ1v) is 4.31. The standard InChI is InChI=1S/C9H7ClN2O2/c1-14-9-2-5-7(3-6(9)10)12-11-4-8(5)13/h2-4H,1H3,(H,12,13). The van der Waals surface area contributed by atoms with Gasteiger partial charge in [-0.1, -0.05) is 11.6 Å². The second kappa shape index (κ2) is 3.31. The number of aromatic amines is 1. The SMILES string of the molecule is COc1cc2c(=O)cn[nH]c2cc1Cl. The first-order valence-electron chi connectivity index (χ1n) is 3.93. The highest BCUT2D eigenvalue weighted by Crippen LogP contribution is 2.26. The van der Waals surface area contributed by atoms with Crippen LogP contribution in [0.2, 0.25) is 5.02 Å². The van der Waals surface area contributed by atoms with Crippen LogP contribution in [0.5, 0.6) is 5.75 Å². The van der Waals surface area contributed by atoms with Gasteiger partial charge in [-0.3, -0.25) is 9.89 Å². The third-order valence-corrected chi connectivity index (χ3v) is 2.22. The Morgan fingerprint density at radius 2 is 2.29 bits per heavy atom. The van der Waals surface area contributed by atoms with E-state index in [-0.39, 0.29) is 5.43 Å². The van der Waals surface area contributed by atoms with Crippen LogP contribution in [0.25, 0.3) is 10.9 Å². The molecule has 1 aromatic carbocycles. The molecule has 0 amide bonds. The maximum absolute atomic E-state index is 11.4. The number of aromatic nitrogens is 2. The Morgan fingerprint density at radius 1 is 1.50 bits per heavy atom. The Bertz CT molecular complexity index is 536. The summed E-state index contributed by atoms with van der Waals surface area (Å²) in [5, 5.41) is 7.33. The van der Waals surface area contributed by atoms with Gasteiger partial charge in [0.25, 0.3) is 0 Å². The van der Waals surface area contributed by atoms with E-state index in [1.807, 2.05) is 0 Å². The molecule has 14 heavy (non-hydrogen) atoms. The number of fused-ring (bicyclic) bond motifs is 1. The van der Waals surface area contributed by atoms with Gasteiger partial charge in [0.05, 0.1) is 29.2 Å². The lowest BCUT2D eigenvalue weighted by Crippen LogP contribution is -2.03. The largest absolute Gasteiger partial charge is 0.495 e. The average molecular weight is 211 g/mol. The molecule has 1 N–H and O–H groups in total. The summed E-state index contributed by atoms with van der Waals surface area (Å²) in [6.45, 7) is 0. The van der Waals surface area contributed by atoms with E-state index in [0.717, 1.165) is 0 Å². The van der Waals surface area contributed by atoms with Crippen molar-refractivity contribution in [1.29, 1.82) is 0 Å². The maximum Gasteiger partial charge on any atom is 0.208 e. The summed E-state index contributed by atoms with van der Waals surface area (Å²) in [5.74, 6) is 0.482. The number of rotatable bonds is 1. The summed E-state index contributed by atoms with van der Waals surface area (Å²) in [6, 6.07) is 3.21. The molecule has 0 unspecified atom stereocenters. The quantitative estimate of drug-likeness (QED) is 0.778. The van der Waals surface area contributed by atoms with Crippen LogP contribution in [-0.4, -0.2) is 17.3 Å². The Labute approximate surface area is 84.5 Å². The maximum atomic E-state index is 11.4. The summed E-state index contributed by atoms with van der Waals surface area (Å²) >= 11 is 5.88. The van der Waals surface area contributed by atoms with Crippen molar-refractivity contribution in [3.8, 4) is 5.75 Å². The number of halogens is 1. The number of H-pyrrole nitrogens is 1. The van der Waals surface area contributed by atoms with Crippen LogP contribution in [0.4, 0.5) is 0 Å². The van der Waals surface area contributed by atoms with Gasteiger partial charge in [-0.05, 0) is 12.1 Å². The van der Waals surface area contributed by atoms with Crippen molar-refractivity contribution in [3.63, 3.8) is 0 Å². The predicted octanol–water partition coefficient (Wildman–Crippen LogP) is 1.59. The molecule has 0 bridgehead atoms. The summed E-state index contributed by atoms with van der Waals surface area (Å²) < 4.78 is 5.00. The number of hydrogen-bond donors (Lipinski definition) is 1. The van der Waals surface area contributed by atoms with Crippen LogP contribution < -0.4 is 10.2 Å². The second-order valence-electron chi connectivity index (χ2n) is 2.77. The fourth-order valence-electron chi connectivity index (χ4n) is 1.24. The molecule has 72 valence electrons. The summed E-state index contributed by atoms with van der Waals surface area (Å²) in [7, 11) is 1.50. The minimum absolute atomic E-state index is 0.159. The lowest BCUT2D eigenvalue weighted by molar-refractivity contribution is 0.415. The zero-order valence-electron chi connectivity index (χ0n) is 7.37. The molecular formula is C9H7ClN2O2. The molecule has 4 nitrogen and oxygen atoms in total. The van der Waals surface area contributed by atoms with Gasteiger partial charge < -0.3 is 4.74 Å². The normalized spacial score (nSPS) is 10.4. The number of benzene rings is 1. The highest BCUT2D eigenvalue weighted by atomic mass is 35.5. The van der Waals surface area contributed by atoms with Gasteiger partial charge in [0.2, 0.25) is 5.43 Å². The second-order valence-corrected chi connectivity index (χ2v) is 3.17.